The van der Waals surface area contributed by atoms with Crippen molar-refractivity contribution in [3.8, 4) is 11.1 Å². The normalized spacial score (nSPS) is 21.1. The molecule has 1 unspecified atom stereocenters. The third kappa shape index (κ3) is 3.58. The second kappa shape index (κ2) is 7.95. The quantitative estimate of drug-likeness (QED) is 0.434. The van der Waals surface area contributed by atoms with Gasteiger partial charge in [0.2, 0.25) is 0 Å². The van der Waals surface area contributed by atoms with Crippen LogP contribution in [-0.4, -0.2) is 0 Å². The monoisotopic (exact) mass is 401 g/mol. The van der Waals surface area contributed by atoms with E-state index in [9.17, 15) is 0 Å². The van der Waals surface area contributed by atoms with Crippen molar-refractivity contribution in [1.29, 1.82) is 0 Å². The summed E-state index contributed by atoms with van der Waals surface area (Å²) in [6.07, 6.45) is 10.7. The first-order valence-corrected chi connectivity index (χ1v) is 11.1. The minimum atomic E-state index is 0.00318. The second-order valence-electron chi connectivity index (χ2n) is 8.52. The summed E-state index contributed by atoms with van der Waals surface area (Å²) in [5.41, 5.74) is 13.7. The van der Waals surface area contributed by atoms with Crippen LogP contribution in [0, 0.1) is 0 Å². The lowest BCUT2D eigenvalue weighted by Crippen LogP contribution is -2.27. The molecular formula is C30H27N. The molecule has 1 heteroatoms. The fraction of sp³-hybridized carbons (Fsp3) is 0.167. The first kappa shape index (κ1) is 19.4. The summed E-state index contributed by atoms with van der Waals surface area (Å²) in [5, 5.41) is 3.62. The number of anilines is 2. The van der Waals surface area contributed by atoms with Gasteiger partial charge in [0.1, 0.15) is 0 Å². The molecule has 0 amide bonds. The van der Waals surface area contributed by atoms with Gasteiger partial charge in [0.25, 0.3) is 0 Å². The molecule has 152 valence electrons. The predicted molar refractivity (Wildman–Crippen MR) is 133 cm³/mol. The number of rotatable bonds is 4. The molecule has 2 aliphatic carbocycles. The Hall–Kier alpha value is -3.54. The molecular weight excluding hydrogens is 374 g/mol. The van der Waals surface area contributed by atoms with Crippen molar-refractivity contribution < 1.29 is 0 Å². The van der Waals surface area contributed by atoms with E-state index in [-0.39, 0.29) is 5.41 Å². The van der Waals surface area contributed by atoms with Crippen LogP contribution in [0.15, 0.2) is 108 Å². The van der Waals surface area contributed by atoms with Crippen molar-refractivity contribution in [2.24, 2.45) is 0 Å². The van der Waals surface area contributed by atoms with Gasteiger partial charge in [-0.1, -0.05) is 80.6 Å². The molecule has 1 nitrogen and oxygen atoms in total. The van der Waals surface area contributed by atoms with E-state index < -0.39 is 0 Å². The van der Waals surface area contributed by atoms with E-state index in [1.807, 2.05) is 0 Å². The molecule has 0 aromatic heterocycles. The Morgan fingerprint density at radius 1 is 0.871 bits per heavy atom. The zero-order chi connectivity index (χ0) is 21.3. The summed E-state index contributed by atoms with van der Waals surface area (Å²) in [6, 6.07) is 25.9. The maximum Gasteiger partial charge on any atom is 0.0387 e. The van der Waals surface area contributed by atoms with E-state index in [0.717, 1.165) is 24.2 Å². The minimum absolute atomic E-state index is 0.00318. The molecule has 0 saturated heterocycles. The molecule has 0 saturated carbocycles. The standard InChI is InChI=1S/C30H27N/c1-3-30(2)25-13-9-5-8-12-24(20-25)28-19-18-27(21-29(28)30)31-26-16-14-23(15-17-26)22-10-6-4-7-11-22/h4-12,14-19,21,31H,3,13H2,1-2H3/b9-5-,12-8-. The number of hydrogen-bond donors (Lipinski definition) is 1. The van der Waals surface area contributed by atoms with Crippen LogP contribution in [0.3, 0.4) is 0 Å². The average molecular weight is 402 g/mol. The molecule has 0 fully saturated rings. The van der Waals surface area contributed by atoms with Gasteiger partial charge in [-0.2, -0.15) is 0 Å². The lowest BCUT2D eigenvalue weighted by Gasteiger charge is -2.36. The highest BCUT2D eigenvalue weighted by molar-refractivity contribution is 5.82. The molecule has 5 rings (SSSR count). The predicted octanol–water partition coefficient (Wildman–Crippen LogP) is 8.20. The van der Waals surface area contributed by atoms with Gasteiger partial charge in [-0.25, -0.2) is 0 Å². The van der Waals surface area contributed by atoms with Crippen molar-refractivity contribution in [1.82, 2.24) is 0 Å². The Bertz CT molecular complexity index is 1240. The number of hydrogen-bond acceptors (Lipinski definition) is 1. The number of allylic oxidation sites excluding steroid dienone is 5. The van der Waals surface area contributed by atoms with E-state index in [2.05, 4.69) is 122 Å². The van der Waals surface area contributed by atoms with Crippen LogP contribution in [0.4, 0.5) is 11.4 Å². The molecule has 2 bridgehead atoms. The first-order valence-electron chi connectivity index (χ1n) is 11.1. The van der Waals surface area contributed by atoms with Gasteiger partial charge in [0, 0.05) is 22.4 Å². The molecule has 0 radical (unpaired) electrons. The van der Waals surface area contributed by atoms with Gasteiger partial charge < -0.3 is 5.32 Å². The van der Waals surface area contributed by atoms with Crippen LogP contribution >= 0.6 is 0 Å². The van der Waals surface area contributed by atoms with Gasteiger partial charge in [0.05, 0.1) is 0 Å². The topological polar surface area (TPSA) is 12.0 Å². The summed E-state index contributed by atoms with van der Waals surface area (Å²) in [7, 11) is 0. The first-order chi connectivity index (χ1) is 15.2. The van der Waals surface area contributed by atoms with Crippen molar-refractivity contribution in [3.05, 3.63) is 120 Å². The van der Waals surface area contributed by atoms with Crippen molar-refractivity contribution in [2.45, 2.75) is 32.1 Å². The molecule has 1 atom stereocenters. The summed E-state index contributed by atoms with van der Waals surface area (Å²) < 4.78 is 0. The largest absolute Gasteiger partial charge is 0.356 e. The lowest BCUT2D eigenvalue weighted by molar-refractivity contribution is 0.524. The molecule has 3 aromatic carbocycles. The summed E-state index contributed by atoms with van der Waals surface area (Å²) in [6.45, 7) is 4.65. The average Bonchev–Trinajstić information content (AvgIpc) is 2.80. The fourth-order valence-electron chi connectivity index (χ4n) is 4.61. The van der Waals surface area contributed by atoms with Crippen LogP contribution in [-0.2, 0) is 5.41 Å². The third-order valence-corrected chi connectivity index (χ3v) is 6.68. The van der Waals surface area contributed by atoms with Crippen LogP contribution < -0.4 is 5.32 Å². The molecule has 0 spiro atoms. The van der Waals surface area contributed by atoms with Gasteiger partial charge in [-0.05, 0) is 71.0 Å². The highest BCUT2D eigenvalue weighted by Crippen LogP contribution is 2.45. The second-order valence-corrected chi connectivity index (χ2v) is 8.52. The van der Waals surface area contributed by atoms with Crippen LogP contribution in [0.1, 0.15) is 37.8 Å². The SMILES string of the molecule is CCC1(C)C2=C=C(/C=C\C=C/C2)c2ccc(Nc3ccc(-c4ccccc4)cc3)cc21. The van der Waals surface area contributed by atoms with Gasteiger partial charge in [0.15, 0.2) is 0 Å². The third-order valence-electron chi connectivity index (χ3n) is 6.68. The highest BCUT2D eigenvalue weighted by atomic mass is 14.9. The van der Waals surface area contributed by atoms with Crippen molar-refractivity contribution >= 4 is 16.9 Å². The zero-order valence-corrected chi connectivity index (χ0v) is 18.2. The lowest BCUT2D eigenvalue weighted by atomic mass is 9.67. The number of fused-ring (bicyclic) bond motifs is 2. The van der Waals surface area contributed by atoms with Crippen molar-refractivity contribution in [2.75, 3.05) is 5.32 Å². The summed E-state index contributed by atoms with van der Waals surface area (Å²) in [4.78, 5) is 0. The van der Waals surface area contributed by atoms with Crippen LogP contribution in [0.25, 0.3) is 16.7 Å². The Morgan fingerprint density at radius 2 is 1.61 bits per heavy atom. The summed E-state index contributed by atoms with van der Waals surface area (Å²) >= 11 is 0. The zero-order valence-electron chi connectivity index (χ0n) is 18.2. The van der Waals surface area contributed by atoms with Gasteiger partial charge in [-0.3, -0.25) is 0 Å². The maximum absolute atomic E-state index is 3.72. The van der Waals surface area contributed by atoms with Crippen molar-refractivity contribution in [3.63, 3.8) is 0 Å². The Kier molecular flexibility index (Phi) is 4.98. The highest BCUT2D eigenvalue weighted by Gasteiger charge is 2.34. The number of nitrogens with one attached hydrogen (secondary N) is 1. The van der Waals surface area contributed by atoms with E-state index in [4.69, 9.17) is 0 Å². The smallest absolute Gasteiger partial charge is 0.0387 e. The summed E-state index contributed by atoms with van der Waals surface area (Å²) in [5.74, 6) is 0. The van der Waals surface area contributed by atoms with Crippen LogP contribution in [0.5, 0.6) is 0 Å². The Labute approximate surface area is 185 Å². The molecule has 0 aliphatic heterocycles. The van der Waals surface area contributed by atoms with E-state index in [1.165, 1.54) is 33.4 Å². The fourth-order valence-corrected chi connectivity index (χ4v) is 4.61. The Morgan fingerprint density at radius 3 is 2.39 bits per heavy atom. The molecule has 1 N–H and O–H groups in total. The molecule has 0 heterocycles. The van der Waals surface area contributed by atoms with Gasteiger partial charge in [-0.15, -0.1) is 5.73 Å². The van der Waals surface area contributed by atoms with E-state index in [0.29, 0.717) is 0 Å². The van der Waals surface area contributed by atoms with E-state index in [1.54, 1.807) is 0 Å². The molecule has 2 aliphatic rings. The minimum Gasteiger partial charge on any atom is -0.356 e. The molecule has 31 heavy (non-hydrogen) atoms. The van der Waals surface area contributed by atoms with Crippen LogP contribution in [0.2, 0.25) is 0 Å². The van der Waals surface area contributed by atoms with Gasteiger partial charge >= 0.3 is 0 Å². The Balaban J connectivity index is 1.47. The maximum atomic E-state index is 3.72. The number of benzene rings is 3. The molecule has 3 aromatic rings. The van der Waals surface area contributed by atoms with E-state index >= 15 is 0 Å².